The molecule has 14 heavy (non-hydrogen) atoms. The Labute approximate surface area is 85.6 Å². The summed E-state index contributed by atoms with van der Waals surface area (Å²) in [4.78, 5) is 11.6. The minimum absolute atomic E-state index is 0.0352. The van der Waals surface area contributed by atoms with E-state index in [1.165, 1.54) is 12.5 Å². The number of nitrogens with one attached hydrogen (secondary N) is 1. The molecular weight excluding hydrogens is 200 g/mol. The van der Waals surface area contributed by atoms with Crippen molar-refractivity contribution in [1.82, 2.24) is 5.32 Å². The fraction of sp³-hybridized carbons (Fsp3) is 0.889. The molecule has 2 unspecified atom stereocenters. The standard InChI is InChI=1S/C9H18N2O2S/c1-7-6-8(4-5-10-7)9(12)11-14(2,3)13/h7-8,10H,4-6H2,1-3H3. The van der Waals surface area contributed by atoms with Crippen LogP contribution in [0.15, 0.2) is 4.36 Å². The first-order chi connectivity index (χ1) is 6.38. The number of carbonyl (C=O) groups excluding carboxylic acids is 1. The Balaban J connectivity index is 2.66. The van der Waals surface area contributed by atoms with E-state index < -0.39 is 9.73 Å². The van der Waals surface area contributed by atoms with Gasteiger partial charge < -0.3 is 5.32 Å². The van der Waals surface area contributed by atoms with Gasteiger partial charge in [0.25, 0.3) is 5.91 Å². The Morgan fingerprint density at radius 3 is 2.64 bits per heavy atom. The van der Waals surface area contributed by atoms with Crippen molar-refractivity contribution in [3.8, 4) is 0 Å². The molecule has 1 fully saturated rings. The normalized spacial score (nSPS) is 28.5. The average molecular weight is 218 g/mol. The first-order valence-electron chi connectivity index (χ1n) is 4.83. The van der Waals surface area contributed by atoms with Gasteiger partial charge in [-0.2, -0.15) is 4.36 Å². The number of hydrogen-bond donors (Lipinski definition) is 1. The molecule has 0 spiro atoms. The molecule has 1 amide bonds. The number of carbonyl (C=O) groups is 1. The van der Waals surface area contributed by atoms with Crippen LogP contribution < -0.4 is 5.32 Å². The van der Waals surface area contributed by atoms with Crippen molar-refractivity contribution in [3.63, 3.8) is 0 Å². The van der Waals surface area contributed by atoms with Crippen LogP contribution in [-0.2, 0) is 14.5 Å². The van der Waals surface area contributed by atoms with Crippen molar-refractivity contribution in [1.29, 1.82) is 0 Å². The molecule has 0 aromatic rings. The van der Waals surface area contributed by atoms with Crippen molar-refractivity contribution in [3.05, 3.63) is 0 Å². The monoisotopic (exact) mass is 218 g/mol. The summed E-state index contributed by atoms with van der Waals surface area (Å²) in [7, 11) is -2.29. The smallest absolute Gasteiger partial charge is 0.256 e. The lowest BCUT2D eigenvalue weighted by atomic mass is 9.93. The Bertz CT molecular complexity index is 324. The molecule has 0 aromatic carbocycles. The van der Waals surface area contributed by atoms with Gasteiger partial charge in [0.05, 0.1) is 0 Å². The van der Waals surface area contributed by atoms with Crippen molar-refractivity contribution in [2.75, 3.05) is 19.1 Å². The molecule has 0 aliphatic carbocycles. The molecule has 0 saturated carbocycles. The summed E-state index contributed by atoms with van der Waals surface area (Å²) in [5.41, 5.74) is 0. The number of nitrogens with zero attached hydrogens (tertiary/aromatic N) is 1. The number of amides is 1. The van der Waals surface area contributed by atoms with Gasteiger partial charge in [-0.3, -0.25) is 4.79 Å². The van der Waals surface area contributed by atoms with Crippen LogP contribution in [-0.4, -0.2) is 35.2 Å². The maximum Gasteiger partial charge on any atom is 0.256 e. The fourth-order valence-electron chi connectivity index (χ4n) is 1.65. The second kappa shape index (κ2) is 4.40. The van der Waals surface area contributed by atoms with E-state index in [1.807, 2.05) is 0 Å². The molecule has 5 heteroatoms. The van der Waals surface area contributed by atoms with Crippen molar-refractivity contribution in [2.24, 2.45) is 10.3 Å². The highest BCUT2D eigenvalue weighted by atomic mass is 32.2. The summed E-state index contributed by atoms with van der Waals surface area (Å²) in [6.45, 7) is 2.90. The van der Waals surface area contributed by atoms with Crippen LogP contribution in [0.4, 0.5) is 0 Å². The van der Waals surface area contributed by atoms with Crippen molar-refractivity contribution in [2.45, 2.75) is 25.8 Å². The van der Waals surface area contributed by atoms with E-state index in [9.17, 15) is 9.00 Å². The largest absolute Gasteiger partial charge is 0.314 e. The van der Waals surface area contributed by atoms with E-state index >= 15 is 0 Å². The summed E-state index contributed by atoms with van der Waals surface area (Å²) in [5, 5.41) is 3.26. The number of piperidine rings is 1. The average Bonchev–Trinajstić information content (AvgIpc) is 2.01. The van der Waals surface area contributed by atoms with E-state index in [2.05, 4.69) is 16.6 Å². The van der Waals surface area contributed by atoms with Gasteiger partial charge >= 0.3 is 0 Å². The molecule has 82 valence electrons. The summed E-state index contributed by atoms with van der Waals surface area (Å²) in [6.07, 6.45) is 4.60. The van der Waals surface area contributed by atoms with Crippen LogP contribution >= 0.6 is 0 Å². The SMILES string of the molecule is CC1CC(C(=O)N=S(C)(C)=O)CCN1. The van der Waals surface area contributed by atoms with E-state index in [0.717, 1.165) is 19.4 Å². The second-order valence-corrected chi connectivity index (χ2v) is 6.73. The van der Waals surface area contributed by atoms with E-state index in [-0.39, 0.29) is 11.8 Å². The lowest BCUT2D eigenvalue weighted by Crippen LogP contribution is -2.38. The van der Waals surface area contributed by atoms with Gasteiger partial charge in [0.2, 0.25) is 0 Å². The molecule has 1 aliphatic heterocycles. The third-order valence-corrected chi connectivity index (χ3v) is 2.90. The molecule has 4 nitrogen and oxygen atoms in total. The topological polar surface area (TPSA) is 58.5 Å². The summed E-state index contributed by atoms with van der Waals surface area (Å²) in [5.74, 6) is -0.222. The third-order valence-electron chi connectivity index (χ3n) is 2.28. The highest BCUT2D eigenvalue weighted by Crippen LogP contribution is 2.17. The van der Waals surface area contributed by atoms with Gasteiger partial charge in [-0.1, -0.05) is 0 Å². The summed E-state index contributed by atoms with van der Waals surface area (Å²) < 4.78 is 15.0. The van der Waals surface area contributed by atoms with E-state index in [1.54, 1.807) is 0 Å². The van der Waals surface area contributed by atoms with Crippen LogP contribution in [0.1, 0.15) is 19.8 Å². The zero-order valence-corrected chi connectivity index (χ0v) is 9.76. The summed E-state index contributed by atoms with van der Waals surface area (Å²) in [6, 6.07) is 0.359. The first-order valence-corrected chi connectivity index (χ1v) is 7.16. The molecule has 0 radical (unpaired) electrons. The van der Waals surface area contributed by atoms with Crippen LogP contribution in [0.3, 0.4) is 0 Å². The molecule has 0 aromatic heterocycles. The lowest BCUT2D eigenvalue weighted by molar-refractivity contribution is -0.122. The van der Waals surface area contributed by atoms with Crippen LogP contribution in [0.5, 0.6) is 0 Å². The molecule has 1 N–H and O–H groups in total. The number of rotatable bonds is 1. The Morgan fingerprint density at radius 2 is 2.14 bits per heavy atom. The molecular formula is C9H18N2O2S. The summed E-state index contributed by atoms with van der Waals surface area (Å²) >= 11 is 0. The second-order valence-electron chi connectivity index (χ2n) is 4.19. The fourth-order valence-corrected chi connectivity index (χ4v) is 2.23. The predicted octanol–water partition coefficient (Wildman–Crippen LogP) is 0.629. The van der Waals surface area contributed by atoms with Gasteiger partial charge in [-0.05, 0) is 26.3 Å². The number of hydrogen-bond acceptors (Lipinski definition) is 3. The highest BCUT2D eigenvalue weighted by Gasteiger charge is 2.24. The van der Waals surface area contributed by atoms with Crippen LogP contribution in [0, 0.1) is 5.92 Å². The van der Waals surface area contributed by atoms with Gasteiger partial charge in [0.15, 0.2) is 0 Å². The molecule has 2 atom stereocenters. The van der Waals surface area contributed by atoms with Gasteiger partial charge in [0, 0.05) is 34.2 Å². The Morgan fingerprint density at radius 1 is 1.50 bits per heavy atom. The van der Waals surface area contributed by atoms with E-state index in [4.69, 9.17) is 0 Å². The Hall–Kier alpha value is -0.420. The zero-order chi connectivity index (χ0) is 10.8. The minimum atomic E-state index is -2.29. The third kappa shape index (κ3) is 3.75. The zero-order valence-electron chi connectivity index (χ0n) is 8.95. The molecule has 1 saturated heterocycles. The van der Waals surface area contributed by atoms with Gasteiger partial charge in [-0.15, -0.1) is 0 Å². The van der Waals surface area contributed by atoms with Gasteiger partial charge in [0.1, 0.15) is 0 Å². The molecule has 0 bridgehead atoms. The first kappa shape index (κ1) is 11.7. The lowest BCUT2D eigenvalue weighted by Gasteiger charge is -2.25. The van der Waals surface area contributed by atoms with Gasteiger partial charge in [-0.25, -0.2) is 4.21 Å². The minimum Gasteiger partial charge on any atom is -0.314 e. The predicted molar refractivity (Wildman–Crippen MR) is 57.6 cm³/mol. The molecule has 1 heterocycles. The highest BCUT2D eigenvalue weighted by molar-refractivity contribution is 7.92. The maximum absolute atomic E-state index is 11.6. The molecule has 1 aliphatic rings. The maximum atomic E-state index is 11.6. The van der Waals surface area contributed by atoms with E-state index in [0.29, 0.717) is 6.04 Å². The van der Waals surface area contributed by atoms with Crippen molar-refractivity contribution < 1.29 is 9.00 Å². The van der Waals surface area contributed by atoms with Crippen molar-refractivity contribution >= 4 is 15.6 Å². The Kier molecular flexibility index (Phi) is 3.66. The van der Waals surface area contributed by atoms with Crippen LogP contribution in [0.25, 0.3) is 0 Å². The quantitative estimate of drug-likeness (QED) is 0.702. The van der Waals surface area contributed by atoms with Crippen LogP contribution in [0.2, 0.25) is 0 Å². The molecule has 1 rings (SSSR count).